The van der Waals surface area contributed by atoms with Crippen LogP contribution in [0.4, 0.5) is 8.78 Å². The van der Waals surface area contributed by atoms with E-state index >= 15 is 0 Å². The van der Waals surface area contributed by atoms with E-state index in [4.69, 9.17) is 0 Å². The molecule has 4 aromatic rings. The number of nitrogens with zero attached hydrogens (tertiary/aromatic N) is 4. The molecule has 2 aliphatic heterocycles. The highest BCUT2D eigenvalue weighted by Crippen LogP contribution is 2.35. The van der Waals surface area contributed by atoms with E-state index in [-0.39, 0.29) is 23.5 Å². The second-order valence-electron chi connectivity index (χ2n) is 11.0. The Morgan fingerprint density at radius 3 is 2.15 bits per heavy atom. The van der Waals surface area contributed by atoms with Crippen molar-refractivity contribution < 1.29 is 13.6 Å². The largest absolute Gasteiger partial charge is 0.338 e. The predicted molar refractivity (Wildman–Crippen MR) is 152 cm³/mol. The fourth-order valence-electron chi connectivity index (χ4n) is 6.18. The van der Waals surface area contributed by atoms with E-state index in [9.17, 15) is 13.6 Å². The molecule has 206 valence electrons. The number of piperidine rings is 1. The molecule has 0 radical (unpaired) electrons. The first-order valence-electron chi connectivity index (χ1n) is 14.2. The number of aromatic nitrogens is 2. The Hall–Kier alpha value is -3.84. The van der Waals surface area contributed by atoms with E-state index in [0.717, 1.165) is 68.8 Å². The monoisotopic (exact) mass is 540 g/mol. The lowest BCUT2D eigenvalue weighted by molar-refractivity contribution is 0.0788. The lowest BCUT2D eigenvalue weighted by Gasteiger charge is -2.33. The Bertz CT molecular complexity index is 1430. The van der Waals surface area contributed by atoms with Gasteiger partial charge in [-0.15, -0.1) is 0 Å². The summed E-state index contributed by atoms with van der Waals surface area (Å²) in [6, 6.07) is 23.4. The van der Waals surface area contributed by atoms with Gasteiger partial charge < -0.3 is 9.80 Å². The molecule has 3 aromatic carbocycles. The highest BCUT2D eigenvalue weighted by Gasteiger charge is 2.34. The third-order valence-electron chi connectivity index (χ3n) is 8.46. The second kappa shape index (κ2) is 11.7. The molecule has 1 amide bonds. The molecule has 2 fully saturated rings. The van der Waals surface area contributed by atoms with Gasteiger partial charge in [-0.05, 0) is 86.3 Å². The molecule has 0 aliphatic carbocycles. The molecule has 3 heterocycles. The van der Waals surface area contributed by atoms with Crippen LogP contribution in [0.3, 0.4) is 0 Å². The maximum absolute atomic E-state index is 13.9. The highest BCUT2D eigenvalue weighted by atomic mass is 19.1. The van der Waals surface area contributed by atoms with Gasteiger partial charge in [0.15, 0.2) is 0 Å². The quantitative estimate of drug-likeness (QED) is 0.280. The summed E-state index contributed by atoms with van der Waals surface area (Å²) in [6.45, 7) is 4.16. The smallest absolute Gasteiger partial charge is 0.257 e. The minimum absolute atomic E-state index is 0.0283. The van der Waals surface area contributed by atoms with Gasteiger partial charge in [0.05, 0.1) is 23.1 Å². The summed E-state index contributed by atoms with van der Waals surface area (Å²) in [5.41, 5.74) is 4.75. The van der Waals surface area contributed by atoms with Crippen LogP contribution < -0.4 is 0 Å². The predicted octanol–water partition coefficient (Wildman–Crippen LogP) is 6.20. The van der Waals surface area contributed by atoms with Crippen LogP contribution in [0.15, 0.2) is 85.1 Å². The summed E-state index contributed by atoms with van der Waals surface area (Å²) in [5.74, 6) is 0.0242. The van der Waals surface area contributed by atoms with Crippen molar-refractivity contribution in [2.45, 2.75) is 37.5 Å². The van der Waals surface area contributed by atoms with Gasteiger partial charge in [-0.1, -0.05) is 42.5 Å². The molecule has 0 saturated carbocycles. The maximum atomic E-state index is 13.9. The Kier molecular flexibility index (Phi) is 7.73. The fraction of sp³-hybridized carbons (Fsp3) is 0.333. The molecule has 0 unspecified atom stereocenters. The molecule has 0 N–H and O–H groups in total. The van der Waals surface area contributed by atoms with Crippen molar-refractivity contribution in [3.05, 3.63) is 119 Å². The van der Waals surface area contributed by atoms with E-state index < -0.39 is 0 Å². The van der Waals surface area contributed by atoms with Crippen molar-refractivity contribution in [3.63, 3.8) is 0 Å². The molecule has 2 saturated heterocycles. The van der Waals surface area contributed by atoms with E-state index in [2.05, 4.69) is 34.3 Å². The van der Waals surface area contributed by atoms with Crippen LogP contribution >= 0.6 is 0 Å². The number of likely N-dealkylation sites (tertiary alicyclic amines) is 2. The van der Waals surface area contributed by atoms with Crippen LogP contribution in [-0.4, -0.2) is 58.2 Å². The Morgan fingerprint density at radius 1 is 0.800 bits per heavy atom. The first-order valence-corrected chi connectivity index (χ1v) is 14.2. The number of carbonyl (C=O) groups is 1. The number of carbonyl (C=O) groups excluding carboxylic acids is 1. The number of hydrogen-bond donors (Lipinski definition) is 0. The SMILES string of the molecule is O=C(c1cnn(-c2ccc(F)cc2)c1C1CCN(CCc2ccc(F)cc2)CC1)N1CC[C@H](c2ccccc2)C1. The van der Waals surface area contributed by atoms with E-state index in [1.54, 1.807) is 18.3 Å². The summed E-state index contributed by atoms with van der Waals surface area (Å²) < 4.78 is 28.8. The number of amides is 1. The van der Waals surface area contributed by atoms with Crippen molar-refractivity contribution >= 4 is 5.91 Å². The maximum Gasteiger partial charge on any atom is 0.257 e. The van der Waals surface area contributed by atoms with Crippen LogP contribution in [0, 0.1) is 11.6 Å². The van der Waals surface area contributed by atoms with E-state index in [0.29, 0.717) is 18.0 Å². The molecule has 5 nitrogen and oxygen atoms in total. The molecule has 1 atom stereocenters. The summed E-state index contributed by atoms with van der Waals surface area (Å²) in [7, 11) is 0. The van der Waals surface area contributed by atoms with E-state index in [1.807, 2.05) is 27.8 Å². The molecule has 40 heavy (non-hydrogen) atoms. The molecule has 6 rings (SSSR count). The fourth-order valence-corrected chi connectivity index (χ4v) is 6.18. The lowest BCUT2D eigenvalue weighted by atomic mass is 9.90. The van der Waals surface area contributed by atoms with Gasteiger partial charge in [0, 0.05) is 31.5 Å². The molecule has 7 heteroatoms. The number of rotatable bonds is 7. The first-order chi connectivity index (χ1) is 19.5. The number of benzene rings is 3. The van der Waals surface area contributed by atoms with Gasteiger partial charge in [-0.2, -0.15) is 5.10 Å². The summed E-state index contributed by atoms with van der Waals surface area (Å²) in [4.78, 5) is 18.3. The summed E-state index contributed by atoms with van der Waals surface area (Å²) in [5, 5.41) is 4.67. The molecular weight excluding hydrogens is 506 g/mol. The third kappa shape index (κ3) is 5.70. The summed E-state index contributed by atoms with van der Waals surface area (Å²) in [6.07, 6.45) is 5.34. The van der Waals surface area contributed by atoms with Gasteiger partial charge in [0.1, 0.15) is 11.6 Å². The van der Waals surface area contributed by atoms with Crippen LogP contribution in [0.25, 0.3) is 5.69 Å². The van der Waals surface area contributed by atoms with Crippen molar-refractivity contribution in [2.24, 2.45) is 0 Å². The topological polar surface area (TPSA) is 41.4 Å². The van der Waals surface area contributed by atoms with Crippen LogP contribution in [0.2, 0.25) is 0 Å². The Balaban J connectivity index is 1.20. The molecule has 0 bridgehead atoms. The zero-order valence-corrected chi connectivity index (χ0v) is 22.6. The second-order valence-corrected chi connectivity index (χ2v) is 11.0. The molecule has 0 spiro atoms. The zero-order chi connectivity index (χ0) is 27.5. The standard InChI is InChI=1S/C33H34F2N4O/c34-28-8-6-24(7-9-28)14-18-37-19-15-26(16-20-37)32-31(22-36-39(32)30-12-10-29(35)11-13-30)33(40)38-21-17-27(23-38)25-4-2-1-3-5-25/h1-13,22,26-27H,14-21,23H2/t27-/m0/s1. The molecule has 1 aromatic heterocycles. The molecule has 2 aliphatic rings. The number of hydrogen-bond acceptors (Lipinski definition) is 3. The van der Waals surface area contributed by atoms with Crippen molar-refractivity contribution in [3.8, 4) is 5.69 Å². The normalized spacial score (nSPS) is 18.4. The first kappa shape index (κ1) is 26.4. The van der Waals surface area contributed by atoms with Crippen LogP contribution in [-0.2, 0) is 6.42 Å². The minimum Gasteiger partial charge on any atom is -0.338 e. The Labute approximate surface area is 234 Å². The summed E-state index contributed by atoms with van der Waals surface area (Å²) >= 11 is 0. The van der Waals surface area contributed by atoms with Gasteiger partial charge >= 0.3 is 0 Å². The molecular formula is C33H34F2N4O. The van der Waals surface area contributed by atoms with Gasteiger partial charge in [0.2, 0.25) is 0 Å². The van der Waals surface area contributed by atoms with Gasteiger partial charge in [-0.3, -0.25) is 4.79 Å². The van der Waals surface area contributed by atoms with Gasteiger partial charge in [-0.25, -0.2) is 13.5 Å². The van der Waals surface area contributed by atoms with Crippen molar-refractivity contribution in [1.29, 1.82) is 0 Å². The third-order valence-corrected chi connectivity index (χ3v) is 8.46. The van der Waals surface area contributed by atoms with Crippen molar-refractivity contribution in [2.75, 3.05) is 32.7 Å². The van der Waals surface area contributed by atoms with Gasteiger partial charge in [0.25, 0.3) is 5.91 Å². The van der Waals surface area contributed by atoms with Crippen LogP contribution in [0.1, 0.15) is 58.3 Å². The average molecular weight is 541 g/mol. The van der Waals surface area contributed by atoms with Crippen molar-refractivity contribution in [1.82, 2.24) is 19.6 Å². The Morgan fingerprint density at radius 2 is 1.45 bits per heavy atom. The highest BCUT2D eigenvalue weighted by molar-refractivity contribution is 5.95. The average Bonchev–Trinajstić information content (AvgIpc) is 3.66. The minimum atomic E-state index is -0.299. The van der Waals surface area contributed by atoms with Crippen LogP contribution in [0.5, 0.6) is 0 Å². The lowest BCUT2D eigenvalue weighted by Crippen LogP contribution is -2.36. The number of halogens is 2. The zero-order valence-electron chi connectivity index (χ0n) is 22.6. The van der Waals surface area contributed by atoms with E-state index in [1.165, 1.54) is 29.8 Å².